The number of nitrogens with two attached hydrogens (primary N) is 1. The van der Waals surface area contributed by atoms with Gasteiger partial charge in [0, 0.05) is 30.1 Å². The van der Waals surface area contributed by atoms with Crippen LogP contribution in [0, 0.1) is 0 Å². The van der Waals surface area contributed by atoms with Gasteiger partial charge in [-0.3, -0.25) is 4.90 Å². The minimum atomic E-state index is 0.455. The fourth-order valence-electron chi connectivity index (χ4n) is 2.05. The molecule has 0 amide bonds. The second-order valence-corrected chi connectivity index (χ2v) is 4.63. The third-order valence-electron chi connectivity index (χ3n) is 2.76. The Hall–Kier alpha value is 0.270. The molecule has 2 aliphatic heterocycles. The normalized spacial score (nSPS) is 40.1. The summed E-state index contributed by atoms with van der Waals surface area (Å²) in [6.07, 6.45) is 2.55. The highest BCUT2D eigenvalue weighted by molar-refractivity contribution is 7.99. The summed E-state index contributed by atoms with van der Waals surface area (Å²) in [4.78, 5) is 2.57. The van der Waals surface area contributed by atoms with Gasteiger partial charge < -0.3 is 5.73 Å². The molecule has 2 rings (SSSR count). The molecule has 2 atom stereocenters. The summed E-state index contributed by atoms with van der Waals surface area (Å²) in [7, 11) is 0. The van der Waals surface area contributed by atoms with E-state index in [2.05, 4.69) is 16.7 Å². The van der Waals surface area contributed by atoms with Crippen molar-refractivity contribution in [2.24, 2.45) is 5.73 Å². The van der Waals surface area contributed by atoms with Gasteiger partial charge in [0.05, 0.1) is 0 Å². The van der Waals surface area contributed by atoms with E-state index in [0.29, 0.717) is 12.1 Å². The molecule has 2 N–H and O–H groups in total. The van der Waals surface area contributed by atoms with E-state index < -0.39 is 0 Å². The molecule has 2 heterocycles. The van der Waals surface area contributed by atoms with Crippen molar-refractivity contribution in [2.75, 3.05) is 24.6 Å². The van der Waals surface area contributed by atoms with Crippen LogP contribution in [0.4, 0.5) is 0 Å². The van der Waals surface area contributed by atoms with Crippen molar-refractivity contribution in [3.05, 3.63) is 0 Å². The van der Waals surface area contributed by atoms with Crippen LogP contribution in [-0.4, -0.2) is 41.6 Å². The van der Waals surface area contributed by atoms with E-state index >= 15 is 0 Å². The molecule has 0 radical (unpaired) electrons. The van der Waals surface area contributed by atoms with Crippen LogP contribution in [0.5, 0.6) is 0 Å². The molecule has 0 spiro atoms. The number of hydrogen-bond acceptors (Lipinski definition) is 3. The molecule has 0 saturated carbocycles. The van der Waals surface area contributed by atoms with Crippen molar-refractivity contribution in [2.45, 2.75) is 24.9 Å². The Labute approximate surface area is 72.5 Å². The van der Waals surface area contributed by atoms with Crippen molar-refractivity contribution >= 4 is 11.8 Å². The van der Waals surface area contributed by atoms with Crippen LogP contribution < -0.4 is 5.73 Å². The smallest absolute Gasteiger partial charge is 0.0338 e. The topological polar surface area (TPSA) is 29.3 Å². The SMILES string of the molecule is N[C@H]1CCCN2CCSC[C@H]12. The maximum atomic E-state index is 6.03. The minimum Gasteiger partial charge on any atom is -0.326 e. The van der Waals surface area contributed by atoms with Gasteiger partial charge >= 0.3 is 0 Å². The van der Waals surface area contributed by atoms with E-state index in [9.17, 15) is 0 Å². The number of rotatable bonds is 0. The first kappa shape index (κ1) is 7.90. The van der Waals surface area contributed by atoms with Crippen molar-refractivity contribution in [1.29, 1.82) is 0 Å². The number of piperidine rings is 1. The quantitative estimate of drug-likeness (QED) is 0.578. The van der Waals surface area contributed by atoms with Crippen molar-refractivity contribution in [3.8, 4) is 0 Å². The molecule has 0 aliphatic carbocycles. The largest absolute Gasteiger partial charge is 0.326 e. The molecule has 2 saturated heterocycles. The molecule has 11 heavy (non-hydrogen) atoms. The summed E-state index contributed by atoms with van der Waals surface area (Å²) < 4.78 is 0. The Bertz CT molecular complexity index is 138. The zero-order chi connectivity index (χ0) is 7.68. The first-order valence-corrected chi connectivity index (χ1v) is 5.61. The molecular formula is C8H16N2S. The van der Waals surface area contributed by atoms with E-state index in [-0.39, 0.29) is 0 Å². The molecule has 2 fully saturated rings. The van der Waals surface area contributed by atoms with Gasteiger partial charge in [0.1, 0.15) is 0 Å². The van der Waals surface area contributed by atoms with Crippen LogP contribution in [0.2, 0.25) is 0 Å². The lowest BCUT2D eigenvalue weighted by Crippen LogP contribution is -2.55. The highest BCUT2D eigenvalue weighted by Crippen LogP contribution is 2.23. The second-order valence-electron chi connectivity index (χ2n) is 3.48. The Kier molecular flexibility index (Phi) is 2.39. The van der Waals surface area contributed by atoms with E-state index in [4.69, 9.17) is 5.73 Å². The first-order valence-electron chi connectivity index (χ1n) is 4.45. The second kappa shape index (κ2) is 3.33. The molecule has 0 aromatic rings. The van der Waals surface area contributed by atoms with Gasteiger partial charge in [0.25, 0.3) is 0 Å². The zero-order valence-electron chi connectivity index (χ0n) is 6.83. The zero-order valence-corrected chi connectivity index (χ0v) is 7.65. The monoisotopic (exact) mass is 172 g/mol. The number of nitrogens with zero attached hydrogens (tertiary/aromatic N) is 1. The van der Waals surface area contributed by atoms with Crippen LogP contribution in [0.25, 0.3) is 0 Å². The fourth-order valence-corrected chi connectivity index (χ4v) is 3.28. The van der Waals surface area contributed by atoms with Gasteiger partial charge in [-0.2, -0.15) is 11.8 Å². The highest BCUT2D eigenvalue weighted by Gasteiger charge is 2.30. The standard InChI is InChI=1S/C8H16N2S/c9-7-2-1-3-10-4-5-11-6-8(7)10/h7-8H,1-6,9H2/t7-,8+/m0/s1. The van der Waals surface area contributed by atoms with Crippen LogP contribution in [0.1, 0.15) is 12.8 Å². The van der Waals surface area contributed by atoms with Crippen molar-refractivity contribution in [1.82, 2.24) is 4.90 Å². The average molecular weight is 172 g/mol. The third-order valence-corrected chi connectivity index (χ3v) is 3.81. The van der Waals surface area contributed by atoms with Gasteiger partial charge in [-0.15, -0.1) is 0 Å². The van der Waals surface area contributed by atoms with Gasteiger partial charge in [-0.1, -0.05) is 0 Å². The predicted molar refractivity (Wildman–Crippen MR) is 49.9 cm³/mol. The maximum Gasteiger partial charge on any atom is 0.0338 e. The van der Waals surface area contributed by atoms with Gasteiger partial charge in [-0.25, -0.2) is 0 Å². The Morgan fingerprint density at radius 2 is 2.27 bits per heavy atom. The summed E-state index contributed by atoms with van der Waals surface area (Å²) in [5.74, 6) is 2.57. The van der Waals surface area contributed by atoms with Crippen LogP contribution in [0.3, 0.4) is 0 Å². The number of fused-ring (bicyclic) bond motifs is 1. The maximum absolute atomic E-state index is 6.03. The van der Waals surface area contributed by atoms with Crippen LogP contribution >= 0.6 is 11.8 Å². The molecule has 2 nitrogen and oxygen atoms in total. The summed E-state index contributed by atoms with van der Waals surface area (Å²) in [6.45, 7) is 2.56. The minimum absolute atomic E-state index is 0.455. The lowest BCUT2D eigenvalue weighted by Gasteiger charge is -2.42. The van der Waals surface area contributed by atoms with Crippen molar-refractivity contribution < 1.29 is 0 Å². The van der Waals surface area contributed by atoms with Gasteiger partial charge in [0.2, 0.25) is 0 Å². The van der Waals surface area contributed by atoms with Gasteiger partial charge in [0.15, 0.2) is 0 Å². The summed E-state index contributed by atoms with van der Waals surface area (Å²) in [6, 6.07) is 1.15. The highest BCUT2D eigenvalue weighted by atomic mass is 32.2. The Morgan fingerprint density at radius 1 is 1.36 bits per heavy atom. The molecule has 3 heteroatoms. The lowest BCUT2D eigenvalue weighted by atomic mass is 9.98. The molecule has 2 aliphatic rings. The molecule has 64 valence electrons. The molecule has 0 aromatic heterocycles. The Balaban J connectivity index is 1.99. The summed E-state index contributed by atoms with van der Waals surface area (Å²) in [5.41, 5.74) is 6.03. The summed E-state index contributed by atoms with van der Waals surface area (Å²) in [5, 5.41) is 0. The first-order chi connectivity index (χ1) is 5.38. The predicted octanol–water partition coefficient (Wildman–Crippen LogP) is 0.525. The molecular weight excluding hydrogens is 156 g/mol. The van der Waals surface area contributed by atoms with Crippen LogP contribution in [-0.2, 0) is 0 Å². The van der Waals surface area contributed by atoms with Gasteiger partial charge in [-0.05, 0) is 19.4 Å². The fraction of sp³-hybridized carbons (Fsp3) is 1.00. The third kappa shape index (κ3) is 1.55. The number of hydrogen-bond donors (Lipinski definition) is 1. The van der Waals surface area contributed by atoms with E-state index in [1.807, 2.05) is 0 Å². The Morgan fingerprint density at radius 3 is 3.09 bits per heavy atom. The summed E-state index contributed by atoms with van der Waals surface area (Å²) >= 11 is 2.06. The molecule has 0 aromatic carbocycles. The lowest BCUT2D eigenvalue weighted by molar-refractivity contribution is 0.148. The van der Waals surface area contributed by atoms with Crippen LogP contribution in [0.15, 0.2) is 0 Å². The molecule has 0 unspecified atom stereocenters. The molecule has 0 bridgehead atoms. The number of thioether (sulfide) groups is 1. The average Bonchev–Trinajstić information content (AvgIpc) is 2.06. The van der Waals surface area contributed by atoms with E-state index in [0.717, 1.165) is 0 Å². The van der Waals surface area contributed by atoms with E-state index in [1.165, 1.54) is 37.4 Å². The van der Waals surface area contributed by atoms with E-state index in [1.54, 1.807) is 0 Å². The van der Waals surface area contributed by atoms with Crippen molar-refractivity contribution in [3.63, 3.8) is 0 Å².